The summed E-state index contributed by atoms with van der Waals surface area (Å²) in [7, 11) is 0. The monoisotopic (exact) mass is 265 g/mol. The highest BCUT2D eigenvalue weighted by atomic mass is 19.4. The van der Waals surface area contributed by atoms with Crippen molar-refractivity contribution >= 4 is 0 Å². The summed E-state index contributed by atoms with van der Waals surface area (Å²) in [6.45, 7) is 0. The second kappa shape index (κ2) is 4.57. The maximum Gasteiger partial charge on any atom is 0.416 e. The molecule has 0 aliphatic carbocycles. The third kappa shape index (κ3) is 2.80. The van der Waals surface area contributed by atoms with Crippen LogP contribution in [0.5, 0.6) is 0 Å². The minimum absolute atomic E-state index is 0.0198. The molecule has 0 saturated heterocycles. The maximum absolute atomic E-state index is 12.6. The molecule has 1 N–H and O–H groups in total. The van der Waals surface area contributed by atoms with Gasteiger partial charge in [0.2, 0.25) is 5.82 Å². The smallest absolute Gasteiger partial charge is 0.298 e. The lowest BCUT2D eigenvalue weighted by Gasteiger charge is -2.08. The van der Waals surface area contributed by atoms with Crippen LogP contribution in [0.25, 0.3) is 11.3 Å². The average Bonchev–Trinajstić information content (AvgIpc) is 2.37. The van der Waals surface area contributed by atoms with Gasteiger partial charge in [-0.1, -0.05) is 12.1 Å². The predicted octanol–water partition coefficient (Wildman–Crippen LogP) is 2.33. The molecule has 2 rings (SSSR count). The second-order valence-corrected chi connectivity index (χ2v) is 3.67. The van der Waals surface area contributed by atoms with Crippen LogP contribution in [0.15, 0.2) is 35.1 Å². The van der Waals surface area contributed by atoms with E-state index in [9.17, 15) is 18.0 Å². The molecule has 0 aliphatic heterocycles. The van der Waals surface area contributed by atoms with Crippen LogP contribution >= 0.6 is 0 Å². The fraction of sp³-hybridized carbons (Fsp3) is 0.0833. The molecule has 2 aromatic rings. The molecule has 1 aromatic carbocycles. The molecule has 7 heteroatoms. The van der Waals surface area contributed by atoms with E-state index in [1.165, 1.54) is 12.1 Å². The summed E-state index contributed by atoms with van der Waals surface area (Å²) < 4.78 is 37.7. The Morgan fingerprint density at radius 1 is 1.26 bits per heavy atom. The Hall–Kier alpha value is -2.62. The summed E-state index contributed by atoms with van der Waals surface area (Å²) in [5, 5.41) is 8.65. The van der Waals surface area contributed by atoms with Gasteiger partial charge < -0.3 is 0 Å². The molecule has 0 amide bonds. The molecule has 0 spiro atoms. The first-order valence-corrected chi connectivity index (χ1v) is 5.09. The van der Waals surface area contributed by atoms with Crippen LogP contribution in [-0.2, 0) is 6.18 Å². The van der Waals surface area contributed by atoms with Gasteiger partial charge >= 0.3 is 6.18 Å². The first-order chi connectivity index (χ1) is 8.90. The molecular weight excluding hydrogens is 259 g/mol. The molecule has 19 heavy (non-hydrogen) atoms. The number of alkyl halides is 3. The Morgan fingerprint density at radius 2 is 2.00 bits per heavy atom. The zero-order valence-corrected chi connectivity index (χ0v) is 9.32. The lowest BCUT2D eigenvalue weighted by Crippen LogP contribution is -2.09. The molecule has 0 atom stereocenters. The number of nitrogens with zero attached hydrogens (tertiary/aromatic N) is 2. The van der Waals surface area contributed by atoms with E-state index in [0.717, 1.165) is 18.2 Å². The predicted molar refractivity (Wildman–Crippen MR) is 60.0 cm³/mol. The molecule has 0 fully saturated rings. The van der Waals surface area contributed by atoms with E-state index in [1.807, 2.05) is 0 Å². The largest absolute Gasteiger partial charge is 0.416 e. The number of aromatic nitrogens is 2. The summed E-state index contributed by atoms with van der Waals surface area (Å²) in [6.07, 6.45) is -4.48. The van der Waals surface area contributed by atoms with Gasteiger partial charge in [0.15, 0.2) is 0 Å². The SMILES string of the molecule is N#Cc1nc(-c2cccc(C(F)(F)F)c2)cc(=O)[nH]1. The molecule has 96 valence electrons. The van der Waals surface area contributed by atoms with Crippen LogP contribution in [0, 0.1) is 11.3 Å². The second-order valence-electron chi connectivity index (χ2n) is 3.67. The number of hydrogen-bond acceptors (Lipinski definition) is 3. The maximum atomic E-state index is 12.6. The van der Waals surface area contributed by atoms with Crippen molar-refractivity contribution in [1.82, 2.24) is 9.97 Å². The molecule has 0 aliphatic rings. The van der Waals surface area contributed by atoms with Gasteiger partial charge in [0.1, 0.15) is 6.07 Å². The van der Waals surface area contributed by atoms with Crippen molar-refractivity contribution in [3.63, 3.8) is 0 Å². The van der Waals surface area contributed by atoms with Crippen LogP contribution in [0.1, 0.15) is 11.4 Å². The van der Waals surface area contributed by atoms with Crippen molar-refractivity contribution in [2.45, 2.75) is 6.18 Å². The lowest BCUT2D eigenvalue weighted by atomic mass is 10.1. The van der Waals surface area contributed by atoms with Crippen molar-refractivity contribution < 1.29 is 13.2 Å². The van der Waals surface area contributed by atoms with Crippen molar-refractivity contribution in [2.24, 2.45) is 0 Å². The Balaban J connectivity index is 2.57. The topological polar surface area (TPSA) is 69.5 Å². The average molecular weight is 265 g/mol. The van der Waals surface area contributed by atoms with E-state index >= 15 is 0 Å². The number of benzene rings is 1. The van der Waals surface area contributed by atoms with Gasteiger partial charge in [-0.05, 0) is 12.1 Å². The molecule has 0 radical (unpaired) electrons. The Bertz CT molecular complexity index is 713. The van der Waals surface area contributed by atoms with Gasteiger partial charge in [-0.2, -0.15) is 18.4 Å². The van der Waals surface area contributed by atoms with Gasteiger partial charge in [-0.15, -0.1) is 0 Å². The van der Waals surface area contributed by atoms with E-state index in [-0.39, 0.29) is 17.1 Å². The zero-order chi connectivity index (χ0) is 14.0. The van der Waals surface area contributed by atoms with E-state index in [0.29, 0.717) is 0 Å². The van der Waals surface area contributed by atoms with Crippen LogP contribution in [0.2, 0.25) is 0 Å². The van der Waals surface area contributed by atoms with E-state index in [4.69, 9.17) is 5.26 Å². The Kier molecular flexibility index (Phi) is 3.09. The summed E-state index contributed by atoms with van der Waals surface area (Å²) in [6, 6.07) is 7.07. The van der Waals surface area contributed by atoms with Crippen LogP contribution in [0.3, 0.4) is 0 Å². The van der Waals surface area contributed by atoms with Crippen molar-refractivity contribution in [1.29, 1.82) is 5.26 Å². The first kappa shape index (κ1) is 12.8. The summed E-state index contributed by atoms with van der Waals surface area (Å²) in [5.41, 5.74) is -1.30. The minimum Gasteiger partial charge on any atom is -0.298 e. The molecule has 4 nitrogen and oxygen atoms in total. The number of rotatable bonds is 1. The van der Waals surface area contributed by atoms with Gasteiger partial charge in [-0.3, -0.25) is 9.78 Å². The standard InChI is InChI=1S/C12H6F3N3O/c13-12(14,15)8-3-1-2-7(4-8)9-5-11(19)18-10(6-16)17-9/h1-5H,(H,17,18,19). The molecular formula is C12H6F3N3O. The molecule has 0 unspecified atom stereocenters. The highest BCUT2D eigenvalue weighted by Gasteiger charge is 2.30. The van der Waals surface area contributed by atoms with Crippen molar-refractivity contribution in [2.75, 3.05) is 0 Å². The normalized spacial score (nSPS) is 11.1. The van der Waals surface area contributed by atoms with Gasteiger partial charge in [-0.25, -0.2) is 4.98 Å². The fourth-order valence-corrected chi connectivity index (χ4v) is 1.51. The van der Waals surface area contributed by atoms with Crippen LogP contribution < -0.4 is 5.56 Å². The van der Waals surface area contributed by atoms with E-state index in [1.54, 1.807) is 6.07 Å². The van der Waals surface area contributed by atoms with E-state index in [2.05, 4.69) is 9.97 Å². The quantitative estimate of drug-likeness (QED) is 0.860. The van der Waals surface area contributed by atoms with Gasteiger partial charge in [0, 0.05) is 11.6 Å². The third-order valence-corrected chi connectivity index (χ3v) is 2.33. The molecule has 0 saturated carbocycles. The summed E-state index contributed by atoms with van der Waals surface area (Å²) in [5.74, 6) is -0.250. The van der Waals surface area contributed by atoms with Crippen molar-refractivity contribution in [3.8, 4) is 17.3 Å². The first-order valence-electron chi connectivity index (χ1n) is 5.09. The zero-order valence-electron chi connectivity index (χ0n) is 9.32. The molecule has 0 bridgehead atoms. The van der Waals surface area contributed by atoms with Crippen molar-refractivity contribution in [3.05, 3.63) is 52.1 Å². The van der Waals surface area contributed by atoms with Crippen LogP contribution in [0.4, 0.5) is 13.2 Å². The van der Waals surface area contributed by atoms with Gasteiger partial charge in [0.25, 0.3) is 5.56 Å². The number of halogens is 3. The number of nitrogens with one attached hydrogen (secondary N) is 1. The fourth-order valence-electron chi connectivity index (χ4n) is 1.51. The minimum atomic E-state index is -4.48. The number of hydrogen-bond donors (Lipinski definition) is 1. The van der Waals surface area contributed by atoms with Crippen LogP contribution in [-0.4, -0.2) is 9.97 Å². The Labute approximate surface area is 105 Å². The molecule has 1 heterocycles. The van der Waals surface area contributed by atoms with E-state index < -0.39 is 17.3 Å². The summed E-state index contributed by atoms with van der Waals surface area (Å²) in [4.78, 5) is 17.2. The highest BCUT2D eigenvalue weighted by Crippen LogP contribution is 2.31. The van der Waals surface area contributed by atoms with Gasteiger partial charge in [0.05, 0.1) is 11.3 Å². The molecule has 1 aromatic heterocycles. The lowest BCUT2D eigenvalue weighted by molar-refractivity contribution is -0.137. The third-order valence-electron chi connectivity index (χ3n) is 2.33. The number of aromatic amines is 1. The number of H-pyrrole nitrogens is 1. The summed E-state index contributed by atoms with van der Waals surface area (Å²) >= 11 is 0. The number of nitriles is 1. The highest BCUT2D eigenvalue weighted by molar-refractivity contribution is 5.60. The Morgan fingerprint density at radius 3 is 2.63 bits per heavy atom.